The Labute approximate surface area is 94.3 Å². The molecular formula is C10H16ClN3O. The summed E-state index contributed by atoms with van der Waals surface area (Å²) < 4.78 is 7.43. The Bertz CT molecular complexity index is 338. The van der Waals surface area contributed by atoms with Crippen LogP contribution < -0.4 is 5.73 Å². The van der Waals surface area contributed by atoms with E-state index < -0.39 is 0 Å². The number of aryl methyl sites for hydroxylation is 1. The van der Waals surface area contributed by atoms with E-state index in [2.05, 4.69) is 5.10 Å². The van der Waals surface area contributed by atoms with Crippen LogP contribution in [0.5, 0.6) is 0 Å². The van der Waals surface area contributed by atoms with Crippen molar-refractivity contribution in [3.8, 4) is 0 Å². The van der Waals surface area contributed by atoms with E-state index in [1.165, 1.54) is 0 Å². The van der Waals surface area contributed by atoms with Gasteiger partial charge < -0.3 is 10.5 Å². The second-order valence-electron chi connectivity index (χ2n) is 4.24. The Hall–Kier alpha value is -0.580. The number of halogens is 1. The number of aromatic nitrogens is 2. The molecule has 0 aromatic carbocycles. The van der Waals surface area contributed by atoms with E-state index in [0.29, 0.717) is 5.02 Å². The van der Waals surface area contributed by atoms with Crippen LogP contribution in [0.3, 0.4) is 0 Å². The van der Waals surface area contributed by atoms with Crippen molar-refractivity contribution in [3.05, 3.63) is 16.9 Å². The zero-order valence-corrected chi connectivity index (χ0v) is 9.79. The van der Waals surface area contributed by atoms with Crippen LogP contribution in [0.4, 0.5) is 0 Å². The van der Waals surface area contributed by atoms with Gasteiger partial charge >= 0.3 is 0 Å². The number of ether oxygens (including phenoxy) is 1. The summed E-state index contributed by atoms with van der Waals surface area (Å²) in [7, 11) is 1.85. The molecule has 1 aromatic rings. The second-order valence-corrected chi connectivity index (χ2v) is 4.65. The monoisotopic (exact) mass is 229 g/mol. The molecule has 2 atom stereocenters. The van der Waals surface area contributed by atoms with E-state index in [1.807, 2.05) is 14.0 Å². The van der Waals surface area contributed by atoms with Crippen molar-refractivity contribution in [2.24, 2.45) is 12.8 Å². The predicted molar refractivity (Wildman–Crippen MR) is 58.7 cm³/mol. The van der Waals surface area contributed by atoms with Gasteiger partial charge in [0.05, 0.1) is 28.6 Å². The maximum Gasteiger partial charge on any atom is 0.0862 e. The van der Waals surface area contributed by atoms with Crippen LogP contribution >= 0.6 is 11.6 Å². The molecule has 0 amide bonds. The lowest BCUT2D eigenvalue weighted by Gasteiger charge is -2.30. The average molecular weight is 230 g/mol. The lowest BCUT2D eigenvalue weighted by Crippen LogP contribution is -2.39. The summed E-state index contributed by atoms with van der Waals surface area (Å²) >= 11 is 6.06. The third kappa shape index (κ3) is 1.77. The third-order valence-electron chi connectivity index (χ3n) is 3.14. The average Bonchev–Trinajstić information content (AvgIpc) is 2.75. The molecule has 4 nitrogen and oxygen atoms in total. The van der Waals surface area contributed by atoms with Crippen molar-refractivity contribution in [1.82, 2.24) is 9.78 Å². The molecular weight excluding hydrogens is 214 g/mol. The predicted octanol–water partition coefficient (Wildman–Crippen LogP) is 1.64. The molecule has 2 unspecified atom stereocenters. The third-order valence-corrected chi connectivity index (χ3v) is 3.43. The second kappa shape index (κ2) is 3.77. The van der Waals surface area contributed by atoms with Gasteiger partial charge in [0, 0.05) is 13.7 Å². The normalized spacial score (nSPS) is 28.3. The zero-order chi connectivity index (χ0) is 11.1. The summed E-state index contributed by atoms with van der Waals surface area (Å²) in [6.07, 6.45) is 3.64. The number of rotatable bonds is 2. The molecule has 2 N–H and O–H groups in total. The van der Waals surface area contributed by atoms with Gasteiger partial charge in [-0.3, -0.25) is 4.68 Å². The van der Waals surface area contributed by atoms with E-state index in [4.69, 9.17) is 22.1 Å². The van der Waals surface area contributed by atoms with Gasteiger partial charge in [0.15, 0.2) is 0 Å². The molecule has 84 valence electrons. The van der Waals surface area contributed by atoms with E-state index in [9.17, 15) is 0 Å². The first-order valence-electron chi connectivity index (χ1n) is 5.11. The Morgan fingerprint density at radius 3 is 2.93 bits per heavy atom. The quantitative estimate of drug-likeness (QED) is 0.839. The molecule has 2 heterocycles. The highest BCUT2D eigenvalue weighted by Crippen LogP contribution is 2.37. The Morgan fingerprint density at radius 2 is 2.47 bits per heavy atom. The smallest absolute Gasteiger partial charge is 0.0862 e. The summed E-state index contributed by atoms with van der Waals surface area (Å²) in [5.74, 6) is 0. The standard InChI is InChI=1S/C10H16ClN3O/c1-10(4-3-5-15-10)9(12)8-7(11)6-13-14(8)2/h6,9H,3-5,12H2,1-2H3. The van der Waals surface area contributed by atoms with Crippen LogP contribution in [0.1, 0.15) is 31.5 Å². The van der Waals surface area contributed by atoms with Crippen LogP contribution in [0.25, 0.3) is 0 Å². The van der Waals surface area contributed by atoms with E-state index in [0.717, 1.165) is 25.1 Å². The molecule has 1 fully saturated rings. The lowest BCUT2D eigenvalue weighted by atomic mass is 9.91. The van der Waals surface area contributed by atoms with Crippen LogP contribution in [0.2, 0.25) is 5.02 Å². The molecule has 0 aliphatic carbocycles. The van der Waals surface area contributed by atoms with Crippen LogP contribution in [-0.4, -0.2) is 22.0 Å². The maximum absolute atomic E-state index is 6.21. The number of nitrogens with zero attached hydrogens (tertiary/aromatic N) is 2. The molecule has 1 aromatic heterocycles. The minimum Gasteiger partial charge on any atom is -0.373 e. The van der Waals surface area contributed by atoms with Crippen molar-refractivity contribution in [3.63, 3.8) is 0 Å². The van der Waals surface area contributed by atoms with Gasteiger partial charge in [-0.25, -0.2) is 0 Å². The van der Waals surface area contributed by atoms with Gasteiger partial charge in [-0.1, -0.05) is 11.6 Å². The number of hydrogen-bond donors (Lipinski definition) is 1. The lowest BCUT2D eigenvalue weighted by molar-refractivity contribution is -0.00362. The van der Waals surface area contributed by atoms with Crippen molar-refractivity contribution >= 4 is 11.6 Å². The summed E-state index contributed by atoms with van der Waals surface area (Å²) in [6, 6.07) is -0.222. The first-order valence-corrected chi connectivity index (χ1v) is 5.49. The highest BCUT2D eigenvalue weighted by atomic mass is 35.5. The first-order chi connectivity index (χ1) is 7.04. The minimum absolute atomic E-state index is 0.222. The summed E-state index contributed by atoms with van der Waals surface area (Å²) in [6.45, 7) is 2.81. The van der Waals surface area contributed by atoms with Gasteiger partial charge in [0.25, 0.3) is 0 Å². The van der Waals surface area contributed by atoms with E-state index in [-0.39, 0.29) is 11.6 Å². The van der Waals surface area contributed by atoms with Crippen molar-refractivity contribution in [2.45, 2.75) is 31.4 Å². The first kappa shape index (κ1) is 10.9. The molecule has 0 spiro atoms. The highest BCUT2D eigenvalue weighted by molar-refractivity contribution is 6.31. The maximum atomic E-state index is 6.21. The summed E-state index contributed by atoms with van der Waals surface area (Å²) in [5, 5.41) is 4.70. The molecule has 1 aliphatic heterocycles. The van der Waals surface area contributed by atoms with Crippen molar-refractivity contribution in [2.75, 3.05) is 6.61 Å². The fourth-order valence-corrected chi connectivity index (χ4v) is 2.39. The van der Waals surface area contributed by atoms with E-state index in [1.54, 1.807) is 10.9 Å². The summed E-state index contributed by atoms with van der Waals surface area (Å²) in [4.78, 5) is 0. The largest absolute Gasteiger partial charge is 0.373 e. The van der Waals surface area contributed by atoms with Crippen molar-refractivity contribution in [1.29, 1.82) is 0 Å². The molecule has 5 heteroatoms. The van der Waals surface area contributed by atoms with Gasteiger partial charge in [-0.2, -0.15) is 5.10 Å². The van der Waals surface area contributed by atoms with Crippen LogP contribution in [0, 0.1) is 0 Å². The Balaban J connectivity index is 2.31. The van der Waals surface area contributed by atoms with Gasteiger partial charge in [-0.05, 0) is 19.8 Å². The Kier molecular flexibility index (Phi) is 2.75. The van der Waals surface area contributed by atoms with Gasteiger partial charge in [0.2, 0.25) is 0 Å². The van der Waals surface area contributed by atoms with E-state index >= 15 is 0 Å². The molecule has 0 bridgehead atoms. The van der Waals surface area contributed by atoms with Crippen LogP contribution in [0.15, 0.2) is 6.20 Å². The van der Waals surface area contributed by atoms with Gasteiger partial charge in [-0.15, -0.1) is 0 Å². The topological polar surface area (TPSA) is 53.1 Å². The Morgan fingerprint density at radius 1 is 1.73 bits per heavy atom. The number of nitrogens with two attached hydrogens (primary N) is 1. The van der Waals surface area contributed by atoms with Crippen LogP contribution in [-0.2, 0) is 11.8 Å². The molecule has 1 saturated heterocycles. The molecule has 1 aliphatic rings. The molecule has 15 heavy (non-hydrogen) atoms. The van der Waals surface area contributed by atoms with Crippen molar-refractivity contribution < 1.29 is 4.74 Å². The zero-order valence-electron chi connectivity index (χ0n) is 9.03. The number of hydrogen-bond acceptors (Lipinski definition) is 3. The molecule has 0 radical (unpaired) electrons. The molecule has 0 saturated carbocycles. The fourth-order valence-electron chi connectivity index (χ4n) is 2.11. The van der Waals surface area contributed by atoms with Gasteiger partial charge in [0.1, 0.15) is 0 Å². The minimum atomic E-state index is -0.308. The summed E-state index contributed by atoms with van der Waals surface area (Å²) in [5.41, 5.74) is 6.75. The molecule has 2 rings (SSSR count). The SMILES string of the molecule is Cn1ncc(Cl)c1C(N)C1(C)CCCO1. The fraction of sp³-hybridized carbons (Fsp3) is 0.700. The highest BCUT2D eigenvalue weighted by Gasteiger charge is 2.39.